The van der Waals surface area contributed by atoms with E-state index in [0.717, 1.165) is 22.9 Å². The first-order chi connectivity index (χ1) is 10.1. The van der Waals surface area contributed by atoms with Crippen LogP contribution in [-0.2, 0) is 6.61 Å². The highest BCUT2D eigenvalue weighted by Gasteiger charge is 2.13. The summed E-state index contributed by atoms with van der Waals surface area (Å²) >= 11 is 0. The Morgan fingerprint density at radius 2 is 2.14 bits per heavy atom. The van der Waals surface area contributed by atoms with E-state index in [0.29, 0.717) is 16.7 Å². The van der Waals surface area contributed by atoms with Crippen LogP contribution in [0.2, 0.25) is 0 Å². The van der Waals surface area contributed by atoms with Crippen LogP contribution in [0.1, 0.15) is 17.0 Å². The van der Waals surface area contributed by atoms with Gasteiger partial charge in [0.1, 0.15) is 11.6 Å². The Balaban J connectivity index is 2.26. The van der Waals surface area contributed by atoms with E-state index in [1.54, 1.807) is 0 Å². The molecule has 3 rings (SSSR count). The number of rotatable bonds is 2. The van der Waals surface area contributed by atoms with Gasteiger partial charge in [0.25, 0.3) is 0 Å². The average Bonchev–Trinajstić information content (AvgIpc) is 2.85. The number of aromatic amines is 1. The van der Waals surface area contributed by atoms with Crippen LogP contribution in [0.15, 0.2) is 30.3 Å². The topological polar surface area (TPSA) is 72.7 Å². The van der Waals surface area contributed by atoms with Crippen molar-refractivity contribution in [2.75, 3.05) is 0 Å². The third kappa shape index (κ3) is 2.26. The lowest BCUT2D eigenvalue weighted by Gasteiger charge is -2.10. The first-order valence-corrected chi connectivity index (χ1v) is 6.42. The van der Waals surface area contributed by atoms with E-state index in [4.69, 9.17) is 5.26 Å². The van der Waals surface area contributed by atoms with Crippen molar-refractivity contribution < 1.29 is 9.50 Å². The molecule has 0 saturated heterocycles. The van der Waals surface area contributed by atoms with Gasteiger partial charge < -0.3 is 10.1 Å². The number of fused-ring (bicyclic) bond motifs is 1. The average molecular weight is 281 g/mol. The Bertz CT molecular complexity index is 877. The van der Waals surface area contributed by atoms with Crippen LogP contribution < -0.4 is 0 Å². The van der Waals surface area contributed by atoms with Crippen molar-refractivity contribution in [3.63, 3.8) is 0 Å². The number of imidazole rings is 1. The molecule has 4 nitrogen and oxygen atoms in total. The van der Waals surface area contributed by atoms with Crippen LogP contribution in [-0.4, -0.2) is 15.1 Å². The zero-order valence-electron chi connectivity index (χ0n) is 11.3. The number of nitrogens with one attached hydrogen (secondary N) is 1. The fourth-order valence-corrected chi connectivity index (χ4v) is 2.47. The van der Waals surface area contributed by atoms with Crippen LogP contribution >= 0.6 is 0 Å². The summed E-state index contributed by atoms with van der Waals surface area (Å²) in [7, 11) is 0. The lowest BCUT2D eigenvalue weighted by molar-refractivity contribution is 0.282. The number of halogens is 1. The van der Waals surface area contributed by atoms with Crippen molar-refractivity contribution in [3.05, 3.63) is 53.1 Å². The number of H-pyrrole nitrogens is 1. The monoisotopic (exact) mass is 281 g/mol. The molecule has 0 amide bonds. The minimum Gasteiger partial charge on any atom is -0.392 e. The molecular formula is C16H12FN3O. The summed E-state index contributed by atoms with van der Waals surface area (Å²) in [6, 6.07) is 9.85. The Hall–Kier alpha value is -2.71. The molecule has 0 spiro atoms. The van der Waals surface area contributed by atoms with E-state index in [1.807, 2.05) is 31.2 Å². The van der Waals surface area contributed by atoms with E-state index in [1.165, 1.54) is 6.07 Å². The van der Waals surface area contributed by atoms with Crippen molar-refractivity contribution in [1.29, 1.82) is 5.26 Å². The third-order valence-electron chi connectivity index (χ3n) is 3.41. The highest BCUT2D eigenvalue weighted by atomic mass is 19.1. The molecule has 0 radical (unpaired) electrons. The van der Waals surface area contributed by atoms with Crippen LogP contribution in [0.4, 0.5) is 4.39 Å². The second-order valence-electron chi connectivity index (χ2n) is 4.80. The van der Waals surface area contributed by atoms with Gasteiger partial charge in [-0.3, -0.25) is 0 Å². The number of aromatic nitrogens is 2. The first kappa shape index (κ1) is 13.3. The summed E-state index contributed by atoms with van der Waals surface area (Å²) in [6.45, 7) is 1.53. The molecular weight excluding hydrogens is 269 g/mol. The third-order valence-corrected chi connectivity index (χ3v) is 3.41. The SMILES string of the molecule is Cc1nc2cc(-c3cc(F)cc(C#N)c3CO)ccc2[nH]1. The molecule has 0 bridgehead atoms. The molecule has 0 aliphatic rings. The van der Waals surface area contributed by atoms with Gasteiger partial charge in [-0.25, -0.2) is 9.37 Å². The molecule has 2 N–H and O–H groups in total. The summed E-state index contributed by atoms with van der Waals surface area (Å²) in [5, 5.41) is 18.6. The maximum absolute atomic E-state index is 13.7. The molecule has 21 heavy (non-hydrogen) atoms. The van der Waals surface area contributed by atoms with E-state index in [9.17, 15) is 9.50 Å². The van der Waals surface area contributed by atoms with Crippen LogP contribution in [0.25, 0.3) is 22.2 Å². The predicted octanol–water partition coefficient (Wildman–Crippen LogP) is 3.04. The van der Waals surface area contributed by atoms with E-state index < -0.39 is 5.82 Å². The molecule has 0 saturated carbocycles. The summed E-state index contributed by atoms with van der Waals surface area (Å²) in [5.41, 5.74) is 3.44. The second kappa shape index (κ2) is 5.00. The Kier molecular flexibility index (Phi) is 3.16. The van der Waals surface area contributed by atoms with Crippen LogP contribution in [0.3, 0.4) is 0 Å². The fraction of sp³-hybridized carbons (Fsp3) is 0.125. The molecule has 104 valence electrons. The van der Waals surface area contributed by atoms with Crippen molar-refractivity contribution in [2.24, 2.45) is 0 Å². The summed E-state index contributed by atoms with van der Waals surface area (Å²) in [6.07, 6.45) is 0. The van der Waals surface area contributed by atoms with Gasteiger partial charge >= 0.3 is 0 Å². The van der Waals surface area contributed by atoms with Gasteiger partial charge in [0.05, 0.1) is 29.3 Å². The lowest BCUT2D eigenvalue weighted by atomic mass is 9.95. The summed E-state index contributed by atoms with van der Waals surface area (Å²) in [5.74, 6) is 0.290. The van der Waals surface area contributed by atoms with Gasteiger partial charge in [-0.1, -0.05) is 6.07 Å². The number of nitrogens with zero attached hydrogens (tertiary/aromatic N) is 2. The molecule has 0 aliphatic heterocycles. The van der Waals surface area contributed by atoms with Gasteiger partial charge in [-0.05, 0) is 42.3 Å². The predicted molar refractivity (Wildman–Crippen MR) is 76.9 cm³/mol. The summed E-state index contributed by atoms with van der Waals surface area (Å²) in [4.78, 5) is 7.46. The molecule has 0 fully saturated rings. The Morgan fingerprint density at radius 1 is 1.33 bits per heavy atom. The normalized spacial score (nSPS) is 10.8. The van der Waals surface area contributed by atoms with Crippen molar-refractivity contribution in [3.8, 4) is 17.2 Å². The quantitative estimate of drug-likeness (QED) is 0.758. The molecule has 3 aromatic rings. The van der Waals surface area contributed by atoms with Crippen LogP contribution in [0, 0.1) is 24.1 Å². The number of nitriles is 1. The van der Waals surface area contributed by atoms with Crippen molar-refractivity contribution in [1.82, 2.24) is 9.97 Å². The summed E-state index contributed by atoms with van der Waals surface area (Å²) < 4.78 is 13.7. The lowest BCUT2D eigenvalue weighted by Crippen LogP contribution is -1.96. The van der Waals surface area contributed by atoms with E-state index in [-0.39, 0.29) is 12.2 Å². The molecule has 0 unspecified atom stereocenters. The fourth-order valence-electron chi connectivity index (χ4n) is 2.47. The molecule has 0 aliphatic carbocycles. The van der Waals surface area contributed by atoms with Crippen LogP contribution in [0.5, 0.6) is 0 Å². The van der Waals surface area contributed by atoms with Gasteiger partial charge in [0.15, 0.2) is 0 Å². The molecule has 2 aromatic carbocycles. The van der Waals surface area contributed by atoms with Crippen molar-refractivity contribution in [2.45, 2.75) is 13.5 Å². The number of aliphatic hydroxyl groups is 1. The Labute approximate surface area is 120 Å². The number of hydrogen-bond donors (Lipinski definition) is 2. The van der Waals surface area contributed by atoms with E-state index in [2.05, 4.69) is 9.97 Å². The zero-order chi connectivity index (χ0) is 15.0. The largest absolute Gasteiger partial charge is 0.392 e. The zero-order valence-corrected chi connectivity index (χ0v) is 11.3. The first-order valence-electron chi connectivity index (χ1n) is 6.42. The van der Waals surface area contributed by atoms with Gasteiger partial charge in [0, 0.05) is 5.56 Å². The van der Waals surface area contributed by atoms with E-state index >= 15 is 0 Å². The number of aryl methyl sites for hydroxylation is 1. The molecule has 1 aromatic heterocycles. The minimum absolute atomic E-state index is 0.144. The second-order valence-corrected chi connectivity index (χ2v) is 4.80. The van der Waals surface area contributed by atoms with Gasteiger partial charge in [0.2, 0.25) is 0 Å². The highest BCUT2D eigenvalue weighted by Crippen LogP contribution is 2.29. The molecule has 0 atom stereocenters. The maximum Gasteiger partial charge on any atom is 0.125 e. The van der Waals surface area contributed by atoms with Crippen molar-refractivity contribution >= 4 is 11.0 Å². The smallest absolute Gasteiger partial charge is 0.125 e. The maximum atomic E-state index is 13.7. The standard InChI is InChI=1S/C16H12FN3O/c1-9-19-15-3-2-10(5-16(15)20-9)13-6-12(17)4-11(7-18)14(13)8-21/h2-6,21H,8H2,1H3,(H,19,20). The van der Waals surface area contributed by atoms with Gasteiger partial charge in [-0.15, -0.1) is 0 Å². The van der Waals surface area contributed by atoms with Gasteiger partial charge in [-0.2, -0.15) is 5.26 Å². The minimum atomic E-state index is -0.503. The molecule has 5 heteroatoms. The number of hydrogen-bond acceptors (Lipinski definition) is 3. The number of aliphatic hydroxyl groups excluding tert-OH is 1. The number of benzene rings is 2. The highest BCUT2D eigenvalue weighted by molar-refractivity contribution is 5.83. The Morgan fingerprint density at radius 3 is 2.86 bits per heavy atom. The molecule has 1 heterocycles.